The van der Waals surface area contributed by atoms with Crippen molar-refractivity contribution in [3.8, 4) is 0 Å². The minimum atomic E-state index is -0.447. The van der Waals surface area contributed by atoms with Crippen molar-refractivity contribution in [1.29, 1.82) is 0 Å². The Morgan fingerprint density at radius 1 is 0.854 bits per heavy atom. The molecule has 3 aromatic rings. The number of allylic oxidation sites excluding steroid dienone is 4. The van der Waals surface area contributed by atoms with E-state index in [-0.39, 0.29) is 28.2 Å². The second-order valence-corrected chi connectivity index (χ2v) is 13.5. The Balaban J connectivity index is 1.60. The molecule has 0 atom stereocenters. The molecule has 1 aliphatic heterocycles. The van der Waals surface area contributed by atoms with E-state index in [1.165, 1.54) is 6.07 Å². The Hall–Kier alpha value is -3.51. The van der Waals surface area contributed by atoms with Crippen molar-refractivity contribution in [3.05, 3.63) is 94.2 Å². The van der Waals surface area contributed by atoms with Gasteiger partial charge in [0.05, 0.1) is 13.2 Å². The van der Waals surface area contributed by atoms with Gasteiger partial charge in [0.15, 0.2) is 11.6 Å². The molecule has 1 aromatic heterocycles. The number of hydrogen-bond acceptors (Lipinski definition) is 4. The molecule has 2 aromatic carbocycles. The van der Waals surface area contributed by atoms with Gasteiger partial charge in [-0.25, -0.2) is 4.39 Å². The molecule has 2 heterocycles. The van der Waals surface area contributed by atoms with Crippen LogP contribution in [0.1, 0.15) is 70.4 Å². The maximum Gasteiger partial charge on any atom is 0.162 e. The summed E-state index contributed by atoms with van der Waals surface area (Å²) in [6.45, 7) is 10.1. The van der Waals surface area contributed by atoms with Gasteiger partial charge in [-0.3, -0.25) is 9.59 Å². The van der Waals surface area contributed by atoms with Gasteiger partial charge >= 0.3 is 0 Å². The van der Waals surface area contributed by atoms with E-state index in [0.29, 0.717) is 38.1 Å². The fourth-order valence-electron chi connectivity index (χ4n) is 7.26. The van der Waals surface area contributed by atoms with Crippen LogP contribution in [0.2, 0.25) is 0 Å². The number of nitrogens with zero attached hydrogens (tertiary/aromatic N) is 2. The normalized spacial score (nSPS) is 20.6. The van der Waals surface area contributed by atoms with E-state index in [1.54, 1.807) is 19.2 Å². The second-order valence-electron chi connectivity index (χ2n) is 13.5. The fourth-order valence-corrected chi connectivity index (χ4v) is 7.26. The highest BCUT2D eigenvalue weighted by Crippen LogP contribution is 2.55. The number of methoxy groups -OCH3 is 1. The maximum atomic E-state index is 14.7. The molecule has 214 valence electrons. The zero-order valence-electron chi connectivity index (χ0n) is 24.7. The number of para-hydroxylation sites is 1. The first-order valence-corrected chi connectivity index (χ1v) is 14.6. The number of rotatable bonds is 6. The molecular formula is C35H39FN2O3. The van der Waals surface area contributed by atoms with Crippen molar-refractivity contribution in [1.82, 2.24) is 9.47 Å². The van der Waals surface area contributed by atoms with Crippen molar-refractivity contribution < 1.29 is 18.7 Å². The van der Waals surface area contributed by atoms with Crippen LogP contribution < -0.4 is 0 Å². The van der Waals surface area contributed by atoms with Crippen LogP contribution in [-0.2, 0) is 20.9 Å². The van der Waals surface area contributed by atoms with Gasteiger partial charge in [-0.2, -0.15) is 0 Å². The Labute approximate surface area is 241 Å². The quantitative estimate of drug-likeness (QED) is 0.324. The summed E-state index contributed by atoms with van der Waals surface area (Å²) >= 11 is 0. The molecule has 6 rings (SSSR count). The van der Waals surface area contributed by atoms with Gasteiger partial charge in [-0.1, -0.05) is 64.1 Å². The molecule has 5 nitrogen and oxygen atoms in total. The van der Waals surface area contributed by atoms with Crippen molar-refractivity contribution in [2.75, 3.05) is 20.3 Å². The third-order valence-corrected chi connectivity index (χ3v) is 8.97. The van der Waals surface area contributed by atoms with Crippen molar-refractivity contribution in [3.63, 3.8) is 0 Å². The highest BCUT2D eigenvalue weighted by Gasteiger charge is 2.49. The van der Waals surface area contributed by atoms with E-state index in [9.17, 15) is 14.0 Å². The van der Waals surface area contributed by atoms with Gasteiger partial charge in [0.25, 0.3) is 0 Å². The average Bonchev–Trinajstić information content (AvgIpc) is 3.25. The van der Waals surface area contributed by atoms with Crippen LogP contribution in [0.15, 0.2) is 77.3 Å². The monoisotopic (exact) mass is 554 g/mol. The Kier molecular flexibility index (Phi) is 6.80. The minimum absolute atomic E-state index is 0.110. The Bertz CT molecular complexity index is 1570. The van der Waals surface area contributed by atoms with Crippen LogP contribution in [0.3, 0.4) is 0 Å². The summed E-state index contributed by atoms with van der Waals surface area (Å²) in [6, 6.07) is 14.9. The highest BCUT2D eigenvalue weighted by molar-refractivity contribution is 6.08. The summed E-state index contributed by atoms with van der Waals surface area (Å²) < 4.78 is 22.3. The summed E-state index contributed by atoms with van der Waals surface area (Å²) in [6.07, 6.45) is 4.45. The minimum Gasteiger partial charge on any atom is -0.383 e. The molecule has 0 N–H and O–H groups in total. The van der Waals surface area contributed by atoms with E-state index in [0.717, 1.165) is 51.8 Å². The van der Waals surface area contributed by atoms with Gasteiger partial charge in [-0.15, -0.1) is 0 Å². The molecule has 0 saturated carbocycles. The molecule has 0 spiro atoms. The lowest BCUT2D eigenvalue weighted by atomic mass is 9.63. The van der Waals surface area contributed by atoms with Crippen molar-refractivity contribution in [2.24, 2.45) is 10.8 Å². The SMILES string of the molecule is COCCN1C2=C(C(=O)CC(C)(C)C2)C(c2cn(Cc3ccccc3F)c3ccccc23)C2=C1CC(C)(C)CC2=O. The summed E-state index contributed by atoms with van der Waals surface area (Å²) in [5.74, 6) is -0.474. The number of carbonyl (C=O) groups excluding carboxylic acids is 2. The first-order chi connectivity index (χ1) is 19.5. The van der Waals surface area contributed by atoms with Crippen LogP contribution in [-0.4, -0.2) is 41.3 Å². The largest absolute Gasteiger partial charge is 0.383 e. The third kappa shape index (κ3) is 4.86. The lowest BCUT2D eigenvalue weighted by molar-refractivity contribution is -0.119. The molecule has 0 unspecified atom stereocenters. The molecule has 0 bridgehead atoms. The maximum absolute atomic E-state index is 14.7. The van der Waals surface area contributed by atoms with Gasteiger partial charge in [0.2, 0.25) is 0 Å². The summed E-state index contributed by atoms with van der Waals surface area (Å²) in [5.41, 5.74) is 5.70. The highest BCUT2D eigenvalue weighted by atomic mass is 19.1. The molecule has 0 fully saturated rings. The van der Waals surface area contributed by atoms with Crippen molar-refractivity contribution in [2.45, 2.75) is 65.8 Å². The fraction of sp³-hybridized carbons (Fsp3) is 0.429. The lowest BCUT2D eigenvalue weighted by Crippen LogP contribution is -2.45. The van der Waals surface area contributed by atoms with Gasteiger partial charge in [-0.05, 0) is 41.4 Å². The predicted octanol–water partition coefficient (Wildman–Crippen LogP) is 7.16. The lowest BCUT2D eigenvalue weighted by Gasteiger charge is -2.49. The molecule has 0 amide bonds. The van der Waals surface area contributed by atoms with Gasteiger partial charge in [0.1, 0.15) is 5.82 Å². The molecule has 2 aliphatic carbocycles. The first kappa shape index (κ1) is 27.6. The molecule has 3 aliphatic rings. The number of benzene rings is 2. The number of halogens is 1. The zero-order chi connectivity index (χ0) is 29.1. The van der Waals surface area contributed by atoms with E-state index in [2.05, 4.69) is 49.4 Å². The van der Waals surface area contributed by atoms with E-state index in [4.69, 9.17) is 4.74 Å². The average molecular weight is 555 g/mol. The predicted molar refractivity (Wildman–Crippen MR) is 159 cm³/mol. The van der Waals surface area contributed by atoms with Crippen LogP contribution in [0, 0.1) is 16.6 Å². The van der Waals surface area contributed by atoms with Crippen molar-refractivity contribution >= 4 is 22.5 Å². The van der Waals surface area contributed by atoms with Crippen LogP contribution in [0.5, 0.6) is 0 Å². The standard InChI is InChI=1S/C35H39FN2O3/c1-34(2)16-27-32(29(39)18-34)31(33-28(38(27)14-15-41-5)17-35(3,4)19-30(33)40)24-21-37(26-13-9-7-11-23(24)26)20-22-10-6-8-12-25(22)36/h6-13,21,31H,14-20H2,1-5H3. The van der Waals surface area contributed by atoms with Gasteiger partial charge in [0, 0.05) is 77.6 Å². The Morgan fingerprint density at radius 3 is 2.05 bits per heavy atom. The second kappa shape index (κ2) is 10.1. The number of carbonyl (C=O) groups is 2. The third-order valence-electron chi connectivity index (χ3n) is 8.97. The number of fused-ring (bicyclic) bond motifs is 1. The number of ether oxygens (including phenoxy) is 1. The van der Waals surface area contributed by atoms with Gasteiger partial charge < -0.3 is 14.2 Å². The molecule has 0 radical (unpaired) electrons. The molecule has 6 heteroatoms. The van der Waals surface area contributed by atoms with E-state index in [1.807, 2.05) is 24.3 Å². The summed E-state index contributed by atoms with van der Waals surface area (Å²) in [7, 11) is 1.69. The topological polar surface area (TPSA) is 51.5 Å². The number of Topliss-reactive ketones (excluding diaryl/α,β-unsaturated/α-hetero) is 2. The molecule has 0 saturated heterocycles. The number of hydrogen-bond donors (Lipinski definition) is 0. The van der Waals surface area contributed by atoms with E-state index < -0.39 is 5.92 Å². The first-order valence-electron chi connectivity index (χ1n) is 14.6. The zero-order valence-corrected chi connectivity index (χ0v) is 24.7. The Morgan fingerprint density at radius 2 is 1.44 bits per heavy atom. The number of ketones is 2. The molecule has 41 heavy (non-hydrogen) atoms. The van der Waals surface area contributed by atoms with Crippen LogP contribution in [0.4, 0.5) is 4.39 Å². The van der Waals surface area contributed by atoms with E-state index >= 15 is 0 Å². The van der Waals surface area contributed by atoms with Crippen LogP contribution >= 0.6 is 0 Å². The molecular weight excluding hydrogens is 515 g/mol. The summed E-state index contributed by atoms with van der Waals surface area (Å²) in [5, 5.41) is 0.994. The smallest absolute Gasteiger partial charge is 0.162 e. The number of aromatic nitrogens is 1. The summed E-state index contributed by atoms with van der Waals surface area (Å²) in [4.78, 5) is 30.5. The van der Waals surface area contributed by atoms with Crippen LogP contribution in [0.25, 0.3) is 10.9 Å².